The molecule has 0 atom stereocenters. The lowest BCUT2D eigenvalue weighted by atomic mass is 9.98. The summed E-state index contributed by atoms with van der Waals surface area (Å²) < 4.78 is 8.14. The Balaban J connectivity index is 1.99. The van der Waals surface area contributed by atoms with Crippen molar-refractivity contribution in [1.82, 2.24) is 0 Å². The second-order valence-electron chi connectivity index (χ2n) is 6.35. The van der Waals surface area contributed by atoms with Gasteiger partial charge in [0.15, 0.2) is 0 Å². The number of benzene rings is 3. The van der Waals surface area contributed by atoms with Gasteiger partial charge >= 0.3 is 0 Å². The number of aliphatic hydroxyl groups is 1. The third kappa shape index (κ3) is 3.55. The molecular weight excluding hydrogens is 441 g/mol. The fourth-order valence-electron chi connectivity index (χ4n) is 3.54. The number of aromatic hydroxyl groups is 1. The number of phenols is 1. The summed E-state index contributed by atoms with van der Waals surface area (Å²) in [6.45, 7) is 0.251. The van der Waals surface area contributed by atoms with Crippen molar-refractivity contribution in [2.24, 2.45) is 0 Å². The molecule has 2 aliphatic heterocycles. The molecule has 0 saturated heterocycles. The summed E-state index contributed by atoms with van der Waals surface area (Å²) in [5.41, 5.74) is 0. The predicted molar refractivity (Wildman–Crippen MR) is 130 cm³/mol. The van der Waals surface area contributed by atoms with E-state index in [4.69, 9.17) is 9.84 Å². The second kappa shape index (κ2) is 8.24. The van der Waals surface area contributed by atoms with Crippen molar-refractivity contribution in [1.29, 1.82) is 0 Å². The Labute approximate surface area is 184 Å². The maximum Gasteiger partial charge on any atom is 0.120 e. The molecule has 0 unspecified atom stereocenters. The van der Waals surface area contributed by atoms with E-state index in [1.807, 2.05) is 18.2 Å². The molecule has 0 aromatic heterocycles. The maximum atomic E-state index is 10.3. The van der Waals surface area contributed by atoms with Gasteiger partial charge in [-0.3, -0.25) is 0 Å². The van der Waals surface area contributed by atoms with Crippen LogP contribution in [-0.2, 0) is 0 Å². The fourth-order valence-corrected chi connectivity index (χ4v) is 7.38. The highest BCUT2D eigenvalue weighted by Crippen LogP contribution is 2.41. The first kappa shape index (κ1) is 19.3. The summed E-state index contributed by atoms with van der Waals surface area (Å²) >= 11 is 6.86. The molecule has 0 aliphatic carbocycles. The Hall–Kier alpha value is -1.64. The van der Waals surface area contributed by atoms with Crippen LogP contribution >= 0.6 is 47.0 Å². The molecule has 3 aromatic carbocycles. The van der Waals surface area contributed by atoms with E-state index in [-0.39, 0.29) is 19.0 Å². The van der Waals surface area contributed by atoms with Crippen LogP contribution in [0.2, 0.25) is 0 Å². The summed E-state index contributed by atoms with van der Waals surface area (Å²) in [7, 11) is 0. The van der Waals surface area contributed by atoms with Gasteiger partial charge < -0.3 is 14.9 Å². The average molecular weight is 457 g/mol. The van der Waals surface area contributed by atoms with E-state index in [0.717, 1.165) is 37.7 Å². The molecule has 0 spiro atoms. The van der Waals surface area contributed by atoms with Crippen LogP contribution in [0.25, 0.3) is 30.0 Å². The van der Waals surface area contributed by atoms with Gasteiger partial charge in [0.05, 0.1) is 15.1 Å². The van der Waals surface area contributed by atoms with Crippen molar-refractivity contribution in [2.75, 3.05) is 13.2 Å². The average Bonchev–Trinajstić information content (AvgIpc) is 3.44. The highest BCUT2D eigenvalue weighted by atomic mass is 32.2. The molecule has 0 bridgehead atoms. The number of thioether (sulfide) groups is 4. The van der Waals surface area contributed by atoms with Crippen molar-refractivity contribution >= 4 is 77.1 Å². The Kier molecular flexibility index (Phi) is 5.49. The Morgan fingerprint density at radius 1 is 0.690 bits per heavy atom. The van der Waals surface area contributed by atoms with Crippen LogP contribution < -0.4 is 15.2 Å². The number of rotatable bonds is 3. The van der Waals surface area contributed by atoms with Gasteiger partial charge in [0, 0.05) is 10.4 Å². The van der Waals surface area contributed by atoms with E-state index in [2.05, 4.69) is 33.8 Å². The largest absolute Gasteiger partial charge is 0.508 e. The SMILES string of the molecule is OCCOc1ccc2c(=C3SC=CS3)c3cc(O)ccc3c(=C3SC=CS3)c2c1. The zero-order valence-corrected chi connectivity index (χ0v) is 18.4. The molecular formula is C22H16O3S4. The van der Waals surface area contributed by atoms with Gasteiger partial charge in [-0.25, -0.2) is 0 Å². The first-order valence-electron chi connectivity index (χ1n) is 8.93. The first-order chi connectivity index (χ1) is 14.3. The molecule has 2 N–H and O–H groups in total. The standard InChI is InChI=1S/C22H16O3S4/c23-5-6-25-14-2-4-16-18(12-14)20(22-28-9-10-29-22)15-3-1-13(24)11-17(15)19(16)21-26-7-8-27-21/h1-4,7-12,23-24H,5-6H2. The predicted octanol–water partition coefficient (Wildman–Crippen LogP) is 5.10. The summed E-state index contributed by atoms with van der Waals surface area (Å²) in [4.78, 5) is 0. The summed E-state index contributed by atoms with van der Waals surface area (Å²) in [6.07, 6.45) is 0. The van der Waals surface area contributed by atoms with Crippen LogP contribution in [0.15, 0.2) is 58.0 Å². The van der Waals surface area contributed by atoms with Crippen LogP contribution in [0.4, 0.5) is 0 Å². The minimum atomic E-state index is -0.0168. The van der Waals surface area contributed by atoms with Crippen molar-refractivity contribution in [2.45, 2.75) is 0 Å². The van der Waals surface area contributed by atoms with Crippen LogP contribution in [0.1, 0.15) is 0 Å². The van der Waals surface area contributed by atoms with Gasteiger partial charge in [-0.05, 0) is 79.6 Å². The molecule has 0 fully saturated rings. The van der Waals surface area contributed by atoms with E-state index in [9.17, 15) is 5.11 Å². The topological polar surface area (TPSA) is 49.7 Å². The quantitative estimate of drug-likeness (QED) is 0.532. The Morgan fingerprint density at radius 2 is 1.24 bits per heavy atom. The van der Waals surface area contributed by atoms with E-state index < -0.39 is 0 Å². The van der Waals surface area contributed by atoms with Crippen LogP contribution in [0.3, 0.4) is 0 Å². The third-order valence-electron chi connectivity index (χ3n) is 4.65. The highest BCUT2D eigenvalue weighted by Gasteiger charge is 2.16. The van der Waals surface area contributed by atoms with Gasteiger partial charge in [-0.15, -0.1) is 0 Å². The lowest BCUT2D eigenvalue weighted by Crippen LogP contribution is -2.17. The van der Waals surface area contributed by atoms with E-state index >= 15 is 0 Å². The molecule has 2 aliphatic rings. The normalized spacial score (nSPS) is 15.9. The number of fused-ring (bicyclic) bond motifs is 2. The first-order valence-corrected chi connectivity index (χ1v) is 12.5. The molecule has 7 heteroatoms. The number of phenolic OH excluding ortho intramolecular Hbond substituents is 1. The maximum absolute atomic E-state index is 10.3. The van der Waals surface area contributed by atoms with Crippen molar-refractivity contribution < 1.29 is 14.9 Å². The lowest BCUT2D eigenvalue weighted by Gasteiger charge is -2.13. The minimum Gasteiger partial charge on any atom is -0.508 e. The van der Waals surface area contributed by atoms with Gasteiger partial charge in [0.1, 0.15) is 18.1 Å². The van der Waals surface area contributed by atoms with E-state index in [0.29, 0.717) is 0 Å². The molecule has 3 nitrogen and oxygen atoms in total. The summed E-state index contributed by atoms with van der Waals surface area (Å²) in [5.74, 6) is 1.01. The van der Waals surface area contributed by atoms with Crippen molar-refractivity contribution in [3.05, 3.63) is 68.5 Å². The monoisotopic (exact) mass is 456 g/mol. The number of hydrogen-bond donors (Lipinski definition) is 2. The minimum absolute atomic E-state index is 0.0168. The van der Waals surface area contributed by atoms with Gasteiger partial charge in [-0.2, -0.15) is 0 Å². The van der Waals surface area contributed by atoms with Crippen molar-refractivity contribution in [3.8, 4) is 11.5 Å². The molecule has 0 radical (unpaired) electrons. The Bertz CT molecular complexity index is 1290. The number of hydrogen-bond acceptors (Lipinski definition) is 7. The second-order valence-corrected chi connectivity index (χ2v) is 10.5. The third-order valence-corrected chi connectivity index (χ3v) is 8.91. The molecule has 146 valence electrons. The van der Waals surface area contributed by atoms with Crippen LogP contribution in [0, 0.1) is 0 Å². The van der Waals surface area contributed by atoms with Crippen LogP contribution in [0.5, 0.6) is 11.5 Å². The summed E-state index contributed by atoms with van der Waals surface area (Å²) in [5, 5.41) is 34.5. The van der Waals surface area contributed by atoms with E-state index in [1.165, 1.54) is 8.47 Å². The van der Waals surface area contributed by atoms with Crippen molar-refractivity contribution in [3.63, 3.8) is 0 Å². The smallest absolute Gasteiger partial charge is 0.120 e. The molecule has 5 rings (SSSR count). The number of ether oxygens (including phenoxy) is 1. The molecule has 0 saturated carbocycles. The molecule has 29 heavy (non-hydrogen) atoms. The molecule has 3 aromatic rings. The zero-order valence-electron chi connectivity index (χ0n) is 15.1. The number of aliphatic hydroxyl groups excluding tert-OH is 1. The molecule has 0 amide bonds. The lowest BCUT2D eigenvalue weighted by molar-refractivity contribution is 0.201. The van der Waals surface area contributed by atoms with Gasteiger partial charge in [-0.1, -0.05) is 47.0 Å². The highest BCUT2D eigenvalue weighted by molar-refractivity contribution is 8.35. The van der Waals surface area contributed by atoms with Gasteiger partial charge in [0.2, 0.25) is 0 Å². The summed E-state index contributed by atoms with van der Waals surface area (Å²) in [6, 6.07) is 11.7. The van der Waals surface area contributed by atoms with Crippen LogP contribution in [-0.4, -0.2) is 23.4 Å². The molecule has 2 heterocycles. The zero-order chi connectivity index (χ0) is 19.8. The Morgan fingerprint density at radius 3 is 1.83 bits per heavy atom. The fraction of sp³-hybridized carbons (Fsp3) is 0.0909. The van der Waals surface area contributed by atoms with E-state index in [1.54, 1.807) is 53.1 Å². The van der Waals surface area contributed by atoms with Gasteiger partial charge in [0.25, 0.3) is 0 Å².